The Kier molecular flexibility index (Phi) is 5.41. The molecular formula is C21H22ClN5O2S. The first-order valence-electron chi connectivity index (χ1n) is 10.0. The van der Waals surface area contributed by atoms with Crippen molar-refractivity contribution in [3.05, 3.63) is 58.6 Å². The quantitative estimate of drug-likeness (QED) is 0.612. The van der Waals surface area contributed by atoms with Crippen molar-refractivity contribution >= 4 is 39.9 Å². The van der Waals surface area contributed by atoms with Gasteiger partial charge in [-0.05, 0) is 47.7 Å². The lowest BCUT2D eigenvalue weighted by Gasteiger charge is -2.23. The van der Waals surface area contributed by atoms with Crippen molar-refractivity contribution in [3.8, 4) is 0 Å². The summed E-state index contributed by atoms with van der Waals surface area (Å²) < 4.78 is 14.9. The summed E-state index contributed by atoms with van der Waals surface area (Å²) in [5.74, 6) is 1.38. The molecule has 2 saturated heterocycles. The van der Waals surface area contributed by atoms with Crippen LogP contribution in [-0.2, 0) is 17.8 Å². The van der Waals surface area contributed by atoms with Crippen LogP contribution in [0.4, 0.5) is 0 Å². The Labute approximate surface area is 182 Å². The second-order valence-corrected chi connectivity index (χ2v) is 10.0. The molecule has 1 N–H and O–H groups in total. The molecule has 30 heavy (non-hydrogen) atoms. The molecule has 3 aromatic rings. The maximum absolute atomic E-state index is 12.9. The molecular weight excluding hydrogens is 422 g/mol. The van der Waals surface area contributed by atoms with Crippen LogP contribution < -0.4 is 0 Å². The standard InChI is InChI=1S/C21H22ClN5O2S/c22-18-3-1-2-14(8-18)6-7-30(29)27-12-16-10-26(11-17(16)13-27)21(28)15-4-5-19-20(9-15)24-25-23-19/h1-5,8-9,16-17H,6-7,10-13H2,(H,23,24,25). The molecule has 3 unspecified atom stereocenters. The minimum Gasteiger partial charge on any atom is -0.598 e. The van der Waals surface area contributed by atoms with E-state index in [1.165, 1.54) is 0 Å². The average molecular weight is 444 g/mol. The van der Waals surface area contributed by atoms with Crippen molar-refractivity contribution in [2.45, 2.75) is 6.42 Å². The number of H-pyrrole nitrogens is 1. The number of aryl methyl sites for hydroxylation is 1. The number of nitrogens with zero attached hydrogens (tertiary/aromatic N) is 4. The van der Waals surface area contributed by atoms with Crippen LogP contribution in [0, 0.1) is 11.8 Å². The highest BCUT2D eigenvalue weighted by Crippen LogP contribution is 2.33. The Morgan fingerprint density at radius 2 is 1.97 bits per heavy atom. The molecule has 5 rings (SSSR count). The van der Waals surface area contributed by atoms with Gasteiger partial charge in [0, 0.05) is 54.5 Å². The molecule has 7 nitrogen and oxygen atoms in total. The lowest BCUT2D eigenvalue weighted by atomic mass is 10.0. The Balaban J connectivity index is 1.16. The number of hydrogen-bond acceptors (Lipinski definition) is 5. The predicted octanol–water partition coefficient (Wildman–Crippen LogP) is 2.52. The number of hydrogen-bond donors (Lipinski definition) is 1. The molecule has 0 spiro atoms. The molecule has 1 amide bonds. The van der Waals surface area contributed by atoms with E-state index in [-0.39, 0.29) is 5.91 Å². The molecule has 0 bridgehead atoms. The number of benzene rings is 2. The van der Waals surface area contributed by atoms with Crippen LogP contribution in [0.1, 0.15) is 15.9 Å². The van der Waals surface area contributed by atoms with E-state index < -0.39 is 11.4 Å². The summed E-state index contributed by atoms with van der Waals surface area (Å²) in [5.41, 5.74) is 3.26. The molecule has 0 aliphatic carbocycles. The number of aromatic amines is 1. The summed E-state index contributed by atoms with van der Waals surface area (Å²) in [6, 6.07) is 13.2. The number of carbonyl (C=O) groups is 1. The normalized spacial score (nSPS) is 22.5. The third kappa shape index (κ3) is 3.92. The van der Waals surface area contributed by atoms with Gasteiger partial charge in [0.1, 0.15) is 11.3 Å². The Hall–Kier alpha value is -2.13. The van der Waals surface area contributed by atoms with Crippen molar-refractivity contribution in [2.75, 3.05) is 31.9 Å². The summed E-state index contributed by atoms with van der Waals surface area (Å²) in [5, 5.41) is 11.3. The second-order valence-electron chi connectivity index (χ2n) is 8.03. The average Bonchev–Trinajstić information content (AvgIpc) is 3.45. The second kappa shape index (κ2) is 8.19. The van der Waals surface area contributed by atoms with Crippen LogP contribution in [0.2, 0.25) is 5.02 Å². The minimum atomic E-state index is -1.01. The molecule has 0 saturated carbocycles. The number of halogens is 1. The summed E-state index contributed by atoms with van der Waals surface area (Å²) in [6.45, 7) is 2.97. The number of amides is 1. The molecule has 3 atom stereocenters. The fourth-order valence-corrected chi connectivity index (χ4v) is 6.06. The molecule has 0 radical (unpaired) electrons. The van der Waals surface area contributed by atoms with Crippen molar-refractivity contribution in [2.24, 2.45) is 11.8 Å². The Morgan fingerprint density at radius 3 is 2.73 bits per heavy atom. The van der Waals surface area contributed by atoms with E-state index in [0.717, 1.165) is 30.6 Å². The Morgan fingerprint density at radius 1 is 1.17 bits per heavy atom. The summed E-state index contributed by atoms with van der Waals surface area (Å²) >= 11 is 5.02. The Bertz CT molecular complexity index is 1060. The van der Waals surface area contributed by atoms with Gasteiger partial charge in [-0.1, -0.05) is 28.9 Å². The molecule has 9 heteroatoms. The first-order valence-corrected chi connectivity index (χ1v) is 11.7. The van der Waals surface area contributed by atoms with Gasteiger partial charge in [-0.25, -0.2) is 0 Å². The SMILES string of the molecule is O=C(c1ccc2[nH]nnc2c1)N1CC2CN([S+]([O-])CCc3cccc(Cl)c3)CC2C1. The van der Waals surface area contributed by atoms with Crippen LogP contribution in [0.15, 0.2) is 42.5 Å². The van der Waals surface area contributed by atoms with Crippen LogP contribution >= 0.6 is 11.6 Å². The molecule has 2 aliphatic heterocycles. The summed E-state index contributed by atoms with van der Waals surface area (Å²) in [7, 11) is 0. The molecule has 156 valence electrons. The van der Waals surface area contributed by atoms with E-state index in [1.807, 2.05) is 41.3 Å². The highest BCUT2D eigenvalue weighted by atomic mass is 35.5. The van der Waals surface area contributed by atoms with E-state index >= 15 is 0 Å². The van der Waals surface area contributed by atoms with E-state index in [9.17, 15) is 9.35 Å². The number of aromatic nitrogens is 3. The summed E-state index contributed by atoms with van der Waals surface area (Å²) in [4.78, 5) is 14.8. The van der Waals surface area contributed by atoms with E-state index in [1.54, 1.807) is 6.07 Å². The third-order valence-corrected chi connectivity index (χ3v) is 7.72. The van der Waals surface area contributed by atoms with Gasteiger partial charge >= 0.3 is 0 Å². The first-order chi connectivity index (χ1) is 14.6. The van der Waals surface area contributed by atoms with Crippen molar-refractivity contribution in [1.29, 1.82) is 0 Å². The van der Waals surface area contributed by atoms with Gasteiger partial charge in [0.15, 0.2) is 0 Å². The van der Waals surface area contributed by atoms with Crippen LogP contribution in [0.3, 0.4) is 0 Å². The number of nitrogens with one attached hydrogen (secondary N) is 1. The van der Waals surface area contributed by atoms with Crippen molar-refractivity contribution in [1.82, 2.24) is 24.6 Å². The highest BCUT2D eigenvalue weighted by Gasteiger charge is 2.45. The number of fused-ring (bicyclic) bond motifs is 2. The third-order valence-electron chi connectivity index (χ3n) is 6.06. The number of rotatable bonds is 5. The van der Waals surface area contributed by atoms with Crippen LogP contribution in [0.5, 0.6) is 0 Å². The predicted molar refractivity (Wildman–Crippen MR) is 117 cm³/mol. The van der Waals surface area contributed by atoms with Gasteiger partial charge in [0.25, 0.3) is 5.91 Å². The molecule has 2 aliphatic rings. The fourth-order valence-electron chi connectivity index (χ4n) is 4.47. The van der Waals surface area contributed by atoms with Gasteiger partial charge in [0.2, 0.25) is 0 Å². The van der Waals surface area contributed by atoms with Gasteiger partial charge in [-0.2, -0.15) is 0 Å². The van der Waals surface area contributed by atoms with Gasteiger partial charge in [0.05, 0.1) is 5.52 Å². The topological polar surface area (TPSA) is 88.2 Å². The minimum absolute atomic E-state index is 0.0305. The largest absolute Gasteiger partial charge is 0.598 e. The number of likely N-dealkylation sites (tertiary alicyclic amines) is 1. The van der Waals surface area contributed by atoms with Crippen LogP contribution in [-0.4, -0.2) is 67.0 Å². The maximum atomic E-state index is 12.9. The zero-order valence-electron chi connectivity index (χ0n) is 16.3. The molecule has 2 fully saturated rings. The molecule has 3 heterocycles. The monoisotopic (exact) mass is 443 g/mol. The first kappa shape index (κ1) is 19.8. The van der Waals surface area contributed by atoms with Gasteiger partial charge in [-0.3, -0.25) is 9.89 Å². The van der Waals surface area contributed by atoms with E-state index in [4.69, 9.17) is 11.6 Å². The summed E-state index contributed by atoms with van der Waals surface area (Å²) in [6.07, 6.45) is 0.744. The van der Waals surface area contributed by atoms with Crippen molar-refractivity contribution < 1.29 is 9.35 Å². The zero-order valence-corrected chi connectivity index (χ0v) is 17.9. The zero-order chi connectivity index (χ0) is 20.7. The van der Waals surface area contributed by atoms with E-state index in [2.05, 4.69) is 19.7 Å². The molecule has 2 aromatic carbocycles. The number of carbonyl (C=O) groups excluding carboxylic acids is 1. The molecule has 1 aromatic heterocycles. The van der Waals surface area contributed by atoms with Gasteiger partial charge < -0.3 is 9.45 Å². The smallest absolute Gasteiger partial charge is 0.253 e. The fraction of sp³-hybridized carbons (Fsp3) is 0.381. The lowest BCUT2D eigenvalue weighted by Crippen LogP contribution is -2.36. The lowest BCUT2D eigenvalue weighted by molar-refractivity contribution is 0.0779. The van der Waals surface area contributed by atoms with Gasteiger partial charge in [-0.15, -0.1) is 9.40 Å². The van der Waals surface area contributed by atoms with E-state index in [0.29, 0.717) is 46.8 Å². The maximum Gasteiger partial charge on any atom is 0.253 e. The van der Waals surface area contributed by atoms with Crippen LogP contribution in [0.25, 0.3) is 11.0 Å². The van der Waals surface area contributed by atoms with Crippen molar-refractivity contribution in [3.63, 3.8) is 0 Å². The highest BCUT2D eigenvalue weighted by molar-refractivity contribution is 7.89.